The van der Waals surface area contributed by atoms with Crippen molar-refractivity contribution in [1.29, 1.82) is 0 Å². The smallest absolute Gasteiger partial charge is 0.241 e. The highest BCUT2D eigenvalue weighted by Gasteiger charge is 2.21. The van der Waals surface area contributed by atoms with Gasteiger partial charge in [-0.1, -0.05) is 18.0 Å². The van der Waals surface area contributed by atoms with Gasteiger partial charge in [0.1, 0.15) is 5.75 Å². The second-order valence-corrected chi connectivity index (χ2v) is 5.00. The summed E-state index contributed by atoms with van der Waals surface area (Å²) in [5.74, 6) is 0.624. The van der Waals surface area contributed by atoms with Crippen molar-refractivity contribution < 1.29 is 9.53 Å². The van der Waals surface area contributed by atoms with Crippen LogP contribution in [0.15, 0.2) is 18.2 Å². The van der Waals surface area contributed by atoms with Gasteiger partial charge in [0.15, 0.2) is 0 Å². The van der Waals surface area contributed by atoms with E-state index in [0.29, 0.717) is 23.1 Å². The number of hydrogen-bond acceptors (Lipinski definition) is 3. The van der Waals surface area contributed by atoms with E-state index >= 15 is 0 Å². The van der Waals surface area contributed by atoms with Crippen molar-refractivity contribution in [1.82, 2.24) is 5.32 Å². The average Bonchev–Trinajstić information content (AvgIpc) is 2.43. The van der Waals surface area contributed by atoms with E-state index in [4.69, 9.17) is 16.3 Å². The fourth-order valence-electron chi connectivity index (χ4n) is 2.18. The van der Waals surface area contributed by atoms with Crippen molar-refractivity contribution in [3.8, 4) is 5.75 Å². The summed E-state index contributed by atoms with van der Waals surface area (Å²) in [6, 6.07) is 5.12. The van der Waals surface area contributed by atoms with Crippen LogP contribution in [0.1, 0.15) is 26.2 Å². The lowest BCUT2D eigenvalue weighted by Crippen LogP contribution is -2.43. The molecule has 1 heterocycles. The molecule has 1 aromatic rings. The Hall–Kier alpha value is -1.26. The van der Waals surface area contributed by atoms with Gasteiger partial charge in [-0.3, -0.25) is 4.79 Å². The molecule has 0 saturated carbocycles. The molecule has 1 aliphatic heterocycles. The van der Waals surface area contributed by atoms with Crippen LogP contribution in [0.4, 0.5) is 5.69 Å². The summed E-state index contributed by atoms with van der Waals surface area (Å²) in [4.78, 5) is 12.2. The van der Waals surface area contributed by atoms with Crippen molar-refractivity contribution in [2.24, 2.45) is 0 Å². The first-order valence-corrected chi connectivity index (χ1v) is 7.05. The van der Waals surface area contributed by atoms with Crippen LogP contribution >= 0.6 is 11.6 Å². The summed E-state index contributed by atoms with van der Waals surface area (Å²) in [6.45, 7) is 3.35. The van der Waals surface area contributed by atoms with E-state index in [1.807, 2.05) is 6.92 Å². The lowest BCUT2D eigenvalue weighted by atomic mass is 10.0. The molecule has 2 rings (SSSR count). The highest BCUT2D eigenvalue weighted by atomic mass is 35.5. The Morgan fingerprint density at radius 2 is 2.37 bits per heavy atom. The van der Waals surface area contributed by atoms with Gasteiger partial charge in [0.05, 0.1) is 18.3 Å². The minimum atomic E-state index is -0.123. The van der Waals surface area contributed by atoms with Gasteiger partial charge in [-0.2, -0.15) is 0 Å². The van der Waals surface area contributed by atoms with E-state index in [9.17, 15) is 4.79 Å². The van der Waals surface area contributed by atoms with Crippen LogP contribution in [0.3, 0.4) is 0 Å². The zero-order chi connectivity index (χ0) is 13.7. The highest BCUT2D eigenvalue weighted by Crippen LogP contribution is 2.28. The predicted molar refractivity (Wildman–Crippen MR) is 76.9 cm³/mol. The molecule has 1 atom stereocenters. The third-order valence-corrected chi connectivity index (χ3v) is 3.36. The number of nitrogens with one attached hydrogen (secondary N) is 2. The fraction of sp³-hybridized carbons (Fsp3) is 0.500. The van der Waals surface area contributed by atoms with E-state index in [0.717, 1.165) is 25.8 Å². The van der Waals surface area contributed by atoms with Gasteiger partial charge in [0, 0.05) is 5.02 Å². The molecule has 104 valence electrons. The molecule has 2 N–H and O–H groups in total. The zero-order valence-electron chi connectivity index (χ0n) is 11.0. The van der Waals surface area contributed by atoms with Gasteiger partial charge in [0.2, 0.25) is 5.91 Å². The third-order valence-electron chi connectivity index (χ3n) is 3.13. The SMILES string of the molecule is CCOc1ccc(Cl)cc1NC(=O)[C@@H]1CCCCN1. The van der Waals surface area contributed by atoms with E-state index < -0.39 is 0 Å². The Bertz CT molecular complexity index is 445. The second-order valence-electron chi connectivity index (χ2n) is 4.57. The number of anilines is 1. The summed E-state index contributed by atoms with van der Waals surface area (Å²) in [7, 11) is 0. The molecule has 0 radical (unpaired) electrons. The van der Waals surface area contributed by atoms with E-state index in [1.54, 1.807) is 18.2 Å². The molecule has 1 amide bonds. The lowest BCUT2D eigenvalue weighted by molar-refractivity contribution is -0.118. The average molecular weight is 283 g/mol. The van der Waals surface area contributed by atoms with Gasteiger partial charge in [-0.05, 0) is 44.5 Å². The van der Waals surface area contributed by atoms with Crippen molar-refractivity contribution in [3.05, 3.63) is 23.2 Å². The maximum Gasteiger partial charge on any atom is 0.241 e. The first-order valence-electron chi connectivity index (χ1n) is 6.67. The number of hydrogen-bond donors (Lipinski definition) is 2. The lowest BCUT2D eigenvalue weighted by Gasteiger charge is -2.23. The fourth-order valence-corrected chi connectivity index (χ4v) is 2.35. The minimum Gasteiger partial charge on any atom is -0.492 e. The molecule has 1 fully saturated rings. The second kappa shape index (κ2) is 6.78. The number of rotatable bonds is 4. The molecule has 5 heteroatoms. The molecule has 4 nitrogen and oxygen atoms in total. The maximum atomic E-state index is 12.2. The van der Waals surface area contributed by atoms with E-state index in [2.05, 4.69) is 10.6 Å². The van der Waals surface area contributed by atoms with Crippen LogP contribution in [0.25, 0.3) is 0 Å². The Balaban J connectivity index is 2.08. The van der Waals surface area contributed by atoms with Crippen LogP contribution in [-0.2, 0) is 4.79 Å². The number of amides is 1. The largest absolute Gasteiger partial charge is 0.492 e. The van der Waals surface area contributed by atoms with Crippen molar-refractivity contribution in [2.45, 2.75) is 32.2 Å². The molecule has 1 aliphatic rings. The summed E-state index contributed by atoms with van der Waals surface area (Å²) in [6.07, 6.45) is 3.08. The molecular formula is C14H19ClN2O2. The quantitative estimate of drug-likeness (QED) is 0.893. The molecule has 1 aromatic carbocycles. The van der Waals surface area contributed by atoms with Crippen LogP contribution in [-0.4, -0.2) is 25.1 Å². The van der Waals surface area contributed by atoms with Gasteiger partial charge >= 0.3 is 0 Å². The number of carbonyl (C=O) groups is 1. The van der Waals surface area contributed by atoms with Crippen molar-refractivity contribution in [2.75, 3.05) is 18.5 Å². The molecule has 0 aromatic heterocycles. The molecule has 19 heavy (non-hydrogen) atoms. The van der Waals surface area contributed by atoms with Crippen LogP contribution < -0.4 is 15.4 Å². The third kappa shape index (κ3) is 3.85. The van der Waals surface area contributed by atoms with Crippen LogP contribution in [0.5, 0.6) is 5.75 Å². The van der Waals surface area contributed by atoms with Crippen LogP contribution in [0, 0.1) is 0 Å². The summed E-state index contributed by atoms with van der Waals surface area (Å²) in [5.41, 5.74) is 0.631. The zero-order valence-corrected chi connectivity index (χ0v) is 11.8. The number of carbonyl (C=O) groups excluding carboxylic acids is 1. The van der Waals surface area contributed by atoms with E-state index in [1.165, 1.54) is 0 Å². The molecule has 0 unspecified atom stereocenters. The monoisotopic (exact) mass is 282 g/mol. The first-order chi connectivity index (χ1) is 9.20. The van der Waals surface area contributed by atoms with Gasteiger partial charge in [-0.15, -0.1) is 0 Å². The Morgan fingerprint density at radius 1 is 1.53 bits per heavy atom. The van der Waals surface area contributed by atoms with E-state index in [-0.39, 0.29) is 11.9 Å². The predicted octanol–water partition coefficient (Wildman–Crippen LogP) is 2.82. The summed E-state index contributed by atoms with van der Waals surface area (Å²) >= 11 is 5.96. The first kappa shape index (κ1) is 14.2. The van der Waals surface area contributed by atoms with Crippen LogP contribution in [0.2, 0.25) is 5.02 Å². The number of ether oxygens (including phenoxy) is 1. The summed E-state index contributed by atoms with van der Waals surface area (Å²) in [5, 5.41) is 6.69. The topological polar surface area (TPSA) is 50.4 Å². The molecule has 1 saturated heterocycles. The molecule has 0 aliphatic carbocycles. The minimum absolute atomic E-state index is 0.0251. The Labute approximate surface area is 118 Å². The van der Waals surface area contributed by atoms with Crippen molar-refractivity contribution >= 4 is 23.2 Å². The molecule has 0 bridgehead atoms. The number of piperidine rings is 1. The van der Waals surface area contributed by atoms with Gasteiger partial charge < -0.3 is 15.4 Å². The standard InChI is InChI=1S/C14H19ClN2O2/c1-2-19-13-7-6-10(15)9-12(13)17-14(18)11-5-3-4-8-16-11/h6-7,9,11,16H,2-5,8H2,1H3,(H,17,18)/t11-/m0/s1. The number of halogens is 1. The van der Waals surface area contributed by atoms with Gasteiger partial charge in [0.25, 0.3) is 0 Å². The Morgan fingerprint density at radius 3 is 3.05 bits per heavy atom. The highest BCUT2D eigenvalue weighted by molar-refractivity contribution is 6.31. The molecule has 0 spiro atoms. The maximum absolute atomic E-state index is 12.2. The summed E-state index contributed by atoms with van der Waals surface area (Å²) < 4.78 is 5.49. The Kier molecular flexibility index (Phi) is 5.05. The molecular weight excluding hydrogens is 264 g/mol. The van der Waals surface area contributed by atoms with Crippen molar-refractivity contribution in [3.63, 3.8) is 0 Å². The normalized spacial score (nSPS) is 18.9. The van der Waals surface area contributed by atoms with Gasteiger partial charge in [-0.25, -0.2) is 0 Å². The number of benzene rings is 1.